The lowest BCUT2D eigenvalue weighted by atomic mass is 9.88. The molecule has 1 atom stereocenters. The third-order valence-electron chi connectivity index (χ3n) is 6.04. The molecule has 1 aromatic rings. The van der Waals surface area contributed by atoms with E-state index in [9.17, 15) is 9.59 Å². The molecule has 0 radical (unpaired) electrons. The van der Waals surface area contributed by atoms with Crippen molar-refractivity contribution in [1.29, 1.82) is 0 Å². The molecule has 0 aromatic carbocycles. The van der Waals surface area contributed by atoms with Crippen molar-refractivity contribution in [2.24, 2.45) is 10.9 Å². The molecule has 1 aliphatic heterocycles. The maximum atomic E-state index is 12.7. The molecule has 1 aromatic heterocycles. The van der Waals surface area contributed by atoms with Crippen LogP contribution in [0.25, 0.3) is 0 Å². The average Bonchev–Trinajstić information content (AvgIpc) is 3.22. The number of carbonyl (C=O) groups is 1. The lowest BCUT2D eigenvalue weighted by molar-refractivity contribution is -0.135. The zero-order chi connectivity index (χ0) is 20.5. The highest BCUT2D eigenvalue weighted by atomic mass is 16.2. The van der Waals surface area contributed by atoms with E-state index in [1.807, 2.05) is 17.2 Å². The number of rotatable bonds is 7. The minimum Gasteiger partial charge on any atom is -0.356 e. The topological polar surface area (TPSA) is 78.7 Å². The number of nitrogens with one attached hydrogen (secondary N) is 2. The molecule has 7 nitrogen and oxygen atoms in total. The van der Waals surface area contributed by atoms with Crippen LogP contribution in [0.1, 0.15) is 51.4 Å². The SMILES string of the molecule is CN=C(NCCCCn1ccccc1=O)NC1CCN(C(=O)C2CCCCC2)C1. The van der Waals surface area contributed by atoms with E-state index in [-0.39, 0.29) is 17.5 Å². The fraction of sp³-hybridized carbons (Fsp3) is 0.682. The third kappa shape index (κ3) is 6.34. The second kappa shape index (κ2) is 11.0. The van der Waals surface area contributed by atoms with Gasteiger partial charge in [0, 0.05) is 57.4 Å². The van der Waals surface area contributed by atoms with Gasteiger partial charge in [-0.25, -0.2) is 0 Å². The number of aromatic nitrogens is 1. The van der Waals surface area contributed by atoms with Crippen LogP contribution in [0.2, 0.25) is 0 Å². The van der Waals surface area contributed by atoms with Gasteiger partial charge in [-0.05, 0) is 38.2 Å². The predicted molar refractivity (Wildman–Crippen MR) is 116 cm³/mol. The zero-order valence-corrected chi connectivity index (χ0v) is 17.6. The summed E-state index contributed by atoms with van der Waals surface area (Å²) >= 11 is 0. The number of aryl methyl sites for hydroxylation is 1. The molecular formula is C22H35N5O2. The molecule has 2 aliphatic rings. The van der Waals surface area contributed by atoms with Crippen LogP contribution in [0.15, 0.2) is 34.2 Å². The van der Waals surface area contributed by atoms with Gasteiger partial charge in [0.2, 0.25) is 11.5 Å². The monoisotopic (exact) mass is 401 g/mol. The Morgan fingerprint density at radius 1 is 1.17 bits per heavy atom. The highest BCUT2D eigenvalue weighted by Crippen LogP contribution is 2.26. The van der Waals surface area contributed by atoms with Crippen LogP contribution in [0.3, 0.4) is 0 Å². The summed E-state index contributed by atoms with van der Waals surface area (Å²) in [7, 11) is 1.78. The fourth-order valence-electron chi connectivity index (χ4n) is 4.33. The first kappa shape index (κ1) is 21.4. The van der Waals surface area contributed by atoms with Crippen LogP contribution >= 0.6 is 0 Å². The van der Waals surface area contributed by atoms with Crippen LogP contribution in [0.5, 0.6) is 0 Å². The molecule has 29 heavy (non-hydrogen) atoms. The molecule has 7 heteroatoms. The highest BCUT2D eigenvalue weighted by molar-refractivity contribution is 5.81. The number of amides is 1. The summed E-state index contributed by atoms with van der Waals surface area (Å²) in [5, 5.41) is 6.81. The predicted octanol–water partition coefficient (Wildman–Crippen LogP) is 1.97. The number of nitrogens with zero attached hydrogens (tertiary/aromatic N) is 3. The van der Waals surface area contributed by atoms with E-state index in [1.165, 1.54) is 19.3 Å². The lowest BCUT2D eigenvalue weighted by Gasteiger charge is -2.26. The zero-order valence-electron chi connectivity index (χ0n) is 17.6. The number of likely N-dealkylation sites (tertiary alicyclic amines) is 1. The number of carbonyl (C=O) groups excluding carboxylic acids is 1. The number of aliphatic imine (C=N–C) groups is 1. The minimum absolute atomic E-state index is 0.0477. The largest absolute Gasteiger partial charge is 0.356 e. The van der Waals surface area contributed by atoms with Gasteiger partial charge < -0.3 is 20.1 Å². The normalized spacial score (nSPS) is 20.7. The molecule has 1 aliphatic carbocycles. The molecule has 1 amide bonds. The summed E-state index contributed by atoms with van der Waals surface area (Å²) in [5.74, 6) is 1.39. The first-order valence-electron chi connectivity index (χ1n) is 11.1. The molecule has 2 fully saturated rings. The number of unbranched alkanes of at least 4 members (excludes halogenated alkanes) is 1. The first-order chi connectivity index (χ1) is 14.2. The van der Waals surface area contributed by atoms with Gasteiger partial charge >= 0.3 is 0 Å². The van der Waals surface area contributed by atoms with E-state index in [0.29, 0.717) is 5.91 Å². The standard InChI is InChI=1S/C22H35N5O2/c1-23-22(24-13-6-8-15-26-14-7-5-11-20(26)28)25-19-12-16-27(17-19)21(29)18-9-3-2-4-10-18/h5,7,11,14,18-19H,2-4,6,8-10,12-13,15-17H2,1H3,(H2,23,24,25). The second-order valence-corrected chi connectivity index (χ2v) is 8.19. The summed E-state index contributed by atoms with van der Waals surface area (Å²) in [6.45, 7) is 3.15. The quantitative estimate of drug-likeness (QED) is 0.416. The maximum absolute atomic E-state index is 12.7. The van der Waals surface area contributed by atoms with Gasteiger partial charge in [0.25, 0.3) is 0 Å². The number of guanidine groups is 1. The van der Waals surface area contributed by atoms with Crippen LogP contribution in [-0.4, -0.2) is 54.1 Å². The van der Waals surface area contributed by atoms with Gasteiger partial charge in [-0.1, -0.05) is 25.3 Å². The summed E-state index contributed by atoms with van der Waals surface area (Å²) < 4.78 is 1.74. The summed E-state index contributed by atoms with van der Waals surface area (Å²) in [6, 6.07) is 5.50. The number of pyridine rings is 1. The third-order valence-corrected chi connectivity index (χ3v) is 6.04. The van der Waals surface area contributed by atoms with Gasteiger partial charge in [0.15, 0.2) is 5.96 Å². The molecule has 1 saturated carbocycles. The van der Waals surface area contributed by atoms with Crippen molar-refractivity contribution in [3.05, 3.63) is 34.7 Å². The van der Waals surface area contributed by atoms with Gasteiger partial charge in [0.05, 0.1) is 0 Å². The van der Waals surface area contributed by atoms with Crippen LogP contribution in [0.4, 0.5) is 0 Å². The molecule has 3 rings (SSSR count). The Morgan fingerprint density at radius 2 is 2.00 bits per heavy atom. The van der Waals surface area contributed by atoms with E-state index in [2.05, 4.69) is 15.6 Å². The Labute approximate surface area is 173 Å². The second-order valence-electron chi connectivity index (χ2n) is 8.19. The van der Waals surface area contributed by atoms with Crippen molar-refractivity contribution in [3.63, 3.8) is 0 Å². The van der Waals surface area contributed by atoms with Gasteiger partial charge in [-0.3, -0.25) is 14.6 Å². The average molecular weight is 402 g/mol. The van der Waals surface area contributed by atoms with E-state index in [4.69, 9.17) is 0 Å². The Hall–Kier alpha value is -2.31. The van der Waals surface area contributed by atoms with Crippen molar-refractivity contribution in [2.75, 3.05) is 26.7 Å². The molecule has 2 N–H and O–H groups in total. The van der Waals surface area contributed by atoms with E-state index < -0.39 is 0 Å². The number of hydrogen-bond acceptors (Lipinski definition) is 3. The van der Waals surface area contributed by atoms with Crippen molar-refractivity contribution < 1.29 is 4.79 Å². The smallest absolute Gasteiger partial charge is 0.250 e. The molecule has 2 heterocycles. The van der Waals surface area contributed by atoms with Crippen molar-refractivity contribution in [3.8, 4) is 0 Å². The van der Waals surface area contributed by atoms with Crippen molar-refractivity contribution in [2.45, 2.75) is 64.0 Å². The van der Waals surface area contributed by atoms with Gasteiger partial charge in [0.1, 0.15) is 0 Å². The number of hydrogen-bond donors (Lipinski definition) is 2. The van der Waals surface area contributed by atoms with Crippen LogP contribution in [-0.2, 0) is 11.3 Å². The molecule has 0 bridgehead atoms. The first-order valence-corrected chi connectivity index (χ1v) is 11.1. The van der Waals surface area contributed by atoms with Gasteiger partial charge in [-0.2, -0.15) is 0 Å². The Morgan fingerprint density at radius 3 is 2.76 bits per heavy atom. The minimum atomic E-state index is 0.0477. The Bertz CT molecular complexity index is 739. The fourth-order valence-corrected chi connectivity index (χ4v) is 4.33. The summed E-state index contributed by atoms with van der Waals surface area (Å²) in [5.41, 5.74) is 0.0477. The van der Waals surface area contributed by atoms with Crippen molar-refractivity contribution in [1.82, 2.24) is 20.1 Å². The van der Waals surface area contributed by atoms with Crippen molar-refractivity contribution >= 4 is 11.9 Å². The van der Waals surface area contributed by atoms with Gasteiger partial charge in [-0.15, -0.1) is 0 Å². The Balaban J connectivity index is 1.34. The lowest BCUT2D eigenvalue weighted by Crippen LogP contribution is -2.45. The van der Waals surface area contributed by atoms with E-state index in [0.717, 1.165) is 64.2 Å². The molecule has 1 saturated heterocycles. The van der Waals surface area contributed by atoms with E-state index in [1.54, 1.807) is 23.7 Å². The Kier molecular flexibility index (Phi) is 8.14. The summed E-state index contributed by atoms with van der Waals surface area (Å²) in [6.07, 6.45) is 10.5. The van der Waals surface area contributed by atoms with Crippen LogP contribution < -0.4 is 16.2 Å². The molecule has 1 unspecified atom stereocenters. The maximum Gasteiger partial charge on any atom is 0.250 e. The van der Waals surface area contributed by atoms with E-state index >= 15 is 0 Å². The molecule has 160 valence electrons. The molecule has 0 spiro atoms. The highest BCUT2D eigenvalue weighted by Gasteiger charge is 2.31. The molecular weight excluding hydrogens is 366 g/mol. The summed E-state index contributed by atoms with van der Waals surface area (Å²) in [4.78, 5) is 30.8. The van der Waals surface area contributed by atoms with Crippen LogP contribution in [0, 0.1) is 5.92 Å².